The van der Waals surface area contributed by atoms with Crippen molar-refractivity contribution in [2.75, 3.05) is 33.4 Å². The van der Waals surface area contributed by atoms with Gasteiger partial charge in [0, 0.05) is 35.7 Å². The van der Waals surface area contributed by atoms with Gasteiger partial charge in [-0.05, 0) is 60.5 Å². The van der Waals surface area contributed by atoms with Crippen LogP contribution < -0.4 is 10.1 Å². The second-order valence-corrected chi connectivity index (χ2v) is 12.4. The molecule has 2 aliphatic heterocycles. The highest BCUT2D eigenvalue weighted by Gasteiger charge is 2.56. The van der Waals surface area contributed by atoms with Crippen molar-refractivity contribution in [3.05, 3.63) is 60.2 Å². The number of aliphatic hydroxyl groups excluding tert-OH is 1. The van der Waals surface area contributed by atoms with E-state index in [9.17, 15) is 9.90 Å². The van der Waals surface area contributed by atoms with Crippen molar-refractivity contribution < 1.29 is 28.8 Å². The number of hydrogen-bond donors (Lipinski definition) is 2. The Morgan fingerprint density at radius 2 is 1.82 bits per heavy atom. The second kappa shape index (κ2) is 12.9. The summed E-state index contributed by atoms with van der Waals surface area (Å²) in [6.07, 6.45) is -0.225. The standard InChI is InChI=1S/C30H40N2O6S/c1-19(2)15-32(39-23-11-9-22(35-3)10-12-23)16-27(33)26(13-20-7-5-4-6-8-20)31-30(34)38-28-21-14-24-25(28)18-37-29(24)36-17-21/h4-12,19,21,24-29,33H,13-18H2,1-3H3,(H,31,34)/t21?,24?,25?,26-,27+,28?,29?/m0/s1. The van der Waals surface area contributed by atoms with Crippen molar-refractivity contribution in [3.8, 4) is 5.75 Å². The number of carbonyl (C=O) groups excluding carboxylic acids is 1. The Hall–Kier alpha value is -2.30. The van der Waals surface area contributed by atoms with Crippen LogP contribution in [0, 0.1) is 23.7 Å². The Morgan fingerprint density at radius 1 is 1.08 bits per heavy atom. The predicted molar refractivity (Wildman–Crippen MR) is 149 cm³/mol. The molecule has 1 saturated carbocycles. The lowest BCUT2D eigenvalue weighted by molar-refractivity contribution is -0.169. The molecular weight excluding hydrogens is 516 g/mol. The number of alkyl carbamates (subject to hydrolysis) is 1. The highest BCUT2D eigenvalue weighted by atomic mass is 32.2. The van der Waals surface area contributed by atoms with Gasteiger partial charge in [0.05, 0.1) is 32.5 Å². The Kier molecular flexibility index (Phi) is 9.35. The summed E-state index contributed by atoms with van der Waals surface area (Å²) in [7, 11) is 1.65. The number of carbonyl (C=O) groups is 1. The van der Waals surface area contributed by atoms with Gasteiger partial charge in [-0.1, -0.05) is 44.2 Å². The van der Waals surface area contributed by atoms with Crippen molar-refractivity contribution in [2.24, 2.45) is 23.7 Å². The number of hydrogen-bond acceptors (Lipinski definition) is 8. The van der Waals surface area contributed by atoms with Crippen LogP contribution in [0.3, 0.4) is 0 Å². The lowest BCUT2D eigenvalue weighted by Crippen LogP contribution is -2.50. The van der Waals surface area contributed by atoms with Gasteiger partial charge in [-0.3, -0.25) is 0 Å². The van der Waals surface area contributed by atoms with Gasteiger partial charge < -0.3 is 29.4 Å². The number of methoxy groups -OCH3 is 1. The zero-order valence-corrected chi connectivity index (χ0v) is 23.7. The molecule has 0 spiro atoms. The van der Waals surface area contributed by atoms with Crippen molar-refractivity contribution in [1.29, 1.82) is 0 Å². The van der Waals surface area contributed by atoms with E-state index in [1.807, 2.05) is 54.6 Å². The number of aliphatic hydroxyl groups is 1. The minimum absolute atomic E-state index is 0.161. The number of benzene rings is 2. The van der Waals surface area contributed by atoms with Crippen LogP contribution >= 0.6 is 11.9 Å². The molecule has 9 heteroatoms. The SMILES string of the molecule is COc1ccc(SN(CC(C)C)C[C@@H](O)[C@H](Cc2ccccc2)NC(=O)OC2C3COC4OCC2C4C3)cc1. The summed E-state index contributed by atoms with van der Waals surface area (Å²) in [6.45, 7) is 6.59. The molecule has 0 aromatic heterocycles. The maximum Gasteiger partial charge on any atom is 0.407 e. The van der Waals surface area contributed by atoms with Crippen LogP contribution in [0.2, 0.25) is 0 Å². The summed E-state index contributed by atoms with van der Waals surface area (Å²) >= 11 is 1.60. The van der Waals surface area contributed by atoms with E-state index in [2.05, 4.69) is 23.5 Å². The van der Waals surface area contributed by atoms with Gasteiger partial charge in [0.1, 0.15) is 11.9 Å². The molecule has 2 aromatic carbocycles. The van der Waals surface area contributed by atoms with Gasteiger partial charge in [-0.25, -0.2) is 9.10 Å². The fraction of sp³-hybridized carbons (Fsp3) is 0.567. The molecular formula is C30H40N2O6S. The molecule has 3 fully saturated rings. The molecule has 2 bridgehead atoms. The normalized spacial score (nSPS) is 27.0. The first-order valence-corrected chi connectivity index (χ1v) is 14.7. The summed E-state index contributed by atoms with van der Waals surface area (Å²) in [5.74, 6) is 1.87. The molecule has 212 valence electrons. The van der Waals surface area contributed by atoms with Gasteiger partial charge in [0.2, 0.25) is 0 Å². The zero-order chi connectivity index (χ0) is 27.4. The minimum Gasteiger partial charge on any atom is -0.497 e. The molecule has 2 saturated heterocycles. The van der Waals surface area contributed by atoms with Crippen LogP contribution in [-0.2, 0) is 20.6 Å². The summed E-state index contributed by atoms with van der Waals surface area (Å²) in [5, 5.41) is 14.5. The Bertz CT molecular complexity index is 1070. The molecule has 2 heterocycles. The van der Waals surface area contributed by atoms with E-state index < -0.39 is 18.2 Å². The van der Waals surface area contributed by atoms with Crippen LogP contribution in [0.1, 0.15) is 25.8 Å². The molecule has 2 N–H and O–H groups in total. The van der Waals surface area contributed by atoms with E-state index in [-0.39, 0.29) is 24.2 Å². The topological polar surface area (TPSA) is 89.5 Å². The fourth-order valence-corrected chi connectivity index (χ4v) is 7.14. The third-order valence-electron chi connectivity index (χ3n) is 7.85. The second-order valence-electron chi connectivity index (χ2n) is 11.2. The number of ether oxygens (including phenoxy) is 4. The number of fused-ring (bicyclic) bond motifs is 1. The van der Waals surface area contributed by atoms with Crippen molar-refractivity contribution in [1.82, 2.24) is 9.62 Å². The smallest absolute Gasteiger partial charge is 0.407 e. The average molecular weight is 557 g/mol. The lowest BCUT2D eigenvalue weighted by atomic mass is 9.98. The highest BCUT2D eigenvalue weighted by molar-refractivity contribution is 7.97. The molecule has 1 amide bonds. The van der Waals surface area contributed by atoms with Gasteiger partial charge in [0.25, 0.3) is 0 Å². The molecule has 3 aliphatic rings. The molecule has 39 heavy (non-hydrogen) atoms. The first-order chi connectivity index (χ1) is 18.9. The maximum absolute atomic E-state index is 13.2. The van der Waals surface area contributed by atoms with E-state index in [1.54, 1.807) is 19.1 Å². The lowest BCUT2D eigenvalue weighted by Gasteiger charge is -2.31. The van der Waals surface area contributed by atoms with Gasteiger partial charge in [-0.15, -0.1) is 0 Å². The fourth-order valence-electron chi connectivity index (χ4n) is 5.99. The largest absolute Gasteiger partial charge is 0.497 e. The number of nitrogens with zero attached hydrogens (tertiary/aromatic N) is 1. The minimum atomic E-state index is -0.812. The third kappa shape index (κ3) is 7.08. The third-order valence-corrected chi connectivity index (χ3v) is 8.89. The van der Waals surface area contributed by atoms with E-state index in [1.165, 1.54) is 0 Å². The molecule has 1 aliphatic carbocycles. The summed E-state index contributed by atoms with van der Waals surface area (Å²) in [5.41, 5.74) is 1.04. The Labute approximate surface area is 235 Å². The van der Waals surface area contributed by atoms with Crippen LogP contribution in [0.25, 0.3) is 0 Å². The summed E-state index contributed by atoms with van der Waals surface area (Å²) in [6, 6.07) is 17.3. The van der Waals surface area contributed by atoms with Crippen LogP contribution in [0.4, 0.5) is 4.79 Å². The molecule has 2 aromatic rings. The van der Waals surface area contributed by atoms with Crippen molar-refractivity contribution in [2.45, 2.75) is 56.1 Å². The average Bonchev–Trinajstić information content (AvgIpc) is 3.45. The molecule has 8 nitrogen and oxygen atoms in total. The number of amides is 1. The first kappa shape index (κ1) is 28.2. The first-order valence-electron chi connectivity index (χ1n) is 13.9. The molecule has 7 atom stereocenters. The van der Waals surface area contributed by atoms with Crippen LogP contribution in [-0.4, -0.2) is 73.5 Å². The van der Waals surface area contributed by atoms with Gasteiger partial charge in [0.15, 0.2) is 6.29 Å². The Morgan fingerprint density at radius 3 is 2.54 bits per heavy atom. The quantitative estimate of drug-likeness (QED) is 0.373. The van der Waals surface area contributed by atoms with E-state index in [4.69, 9.17) is 18.9 Å². The highest BCUT2D eigenvalue weighted by Crippen LogP contribution is 2.49. The maximum atomic E-state index is 13.2. The van der Waals surface area contributed by atoms with E-state index in [0.29, 0.717) is 38.0 Å². The number of nitrogens with one attached hydrogen (secondary N) is 1. The van der Waals surface area contributed by atoms with Crippen molar-refractivity contribution >= 4 is 18.0 Å². The van der Waals surface area contributed by atoms with Crippen molar-refractivity contribution in [3.63, 3.8) is 0 Å². The summed E-state index contributed by atoms with van der Waals surface area (Å²) < 4.78 is 25.0. The van der Waals surface area contributed by atoms with Crippen LogP contribution in [0.15, 0.2) is 59.5 Å². The van der Waals surface area contributed by atoms with Gasteiger partial charge >= 0.3 is 6.09 Å². The van der Waals surface area contributed by atoms with Gasteiger partial charge in [-0.2, -0.15) is 0 Å². The molecule has 5 unspecified atom stereocenters. The van der Waals surface area contributed by atoms with E-state index in [0.717, 1.165) is 29.2 Å². The molecule has 5 rings (SSSR count). The zero-order valence-electron chi connectivity index (χ0n) is 22.9. The van der Waals surface area contributed by atoms with Crippen LogP contribution in [0.5, 0.6) is 5.75 Å². The Balaban J connectivity index is 1.26. The monoisotopic (exact) mass is 556 g/mol. The summed E-state index contributed by atoms with van der Waals surface area (Å²) in [4.78, 5) is 14.3. The van der Waals surface area contributed by atoms with E-state index >= 15 is 0 Å². The predicted octanol–water partition coefficient (Wildman–Crippen LogP) is 4.37. The molecule has 0 radical (unpaired) electrons. The number of rotatable bonds is 12.